The molecule has 0 unspecified atom stereocenters. The molecule has 0 aliphatic heterocycles. The molecule has 1 fully saturated rings. The van der Waals surface area contributed by atoms with Crippen LogP contribution in [-0.2, 0) is 16.5 Å². The standard InChI is InChI=1S/C19H30O3S/c1-3-6-16-11-13-17(14-12-16)8-5-10-18-9-4-7-15(2)19(18)23(20,21)22/h4,7,9,16-17H,3,5-6,8,10-14H2,1-2H3,(H,20,21,22)/t16-,17-. The van der Waals surface area contributed by atoms with Crippen LogP contribution >= 0.6 is 0 Å². The summed E-state index contributed by atoms with van der Waals surface area (Å²) in [4.78, 5) is 0.117. The highest BCUT2D eigenvalue weighted by Gasteiger charge is 2.21. The van der Waals surface area contributed by atoms with Crippen molar-refractivity contribution in [2.75, 3.05) is 0 Å². The van der Waals surface area contributed by atoms with Gasteiger partial charge in [0.15, 0.2) is 0 Å². The minimum Gasteiger partial charge on any atom is -0.282 e. The third-order valence-electron chi connectivity index (χ3n) is 5.27. The highest BCUT2D eigenvalue weighted by atomic mass is 32.2. The number of aryl methyl sites for hydroxylation is 2. The zero-order chi connectivity index (χ0) is 16.9. The van der Waals surface area contributed by atoms with E-state index in [1.54, 1.807) is 13.0 Å². The normalized spacial score (nSPS) is 22.2. The molecule has 1 saturated carbocycles. The number of hydrogen-bond acceptors (Lipinski definition) is 2. The van der Waals surface area contributed by atoms with Crippen LogP contribution in [0.5, 0.6) is 0 Å². The average molecular weight is 339 g/mol. The largest absolute Gasteiger partial charge is 0.295 e. The predicted octanol–water partition coefficient (Wildman–Crippen LogP) is 5.17. The van der Waals surface area contributed by atoms with Crippen molar-refractivity contribution in [3.63, 3.8) is 0 Å². The fraction of sp³-hybridized carbons (Fsp3) is 0.684. The number of benzene rings is 1. The average Bonchev–Trinajstić information content (AvgIpc) is 2.48. The lowest BCUT2D eigenvalue weighted by Crippen LogP contribution is -2.14. The Hall–Kier alpha value is -0.870. The van der Waals surface area contributed by atoms with Gasteiger partial charge in [-0.25, -0.2) is 0 Å². The summed E-state index contributed by atoms with van der Waals surface area (Å²) in [6.45, 7) is 4.00. The van der Waals surface area contributed by atoms with Crippen molar-refractivity contribution in [1.29, 1.82) is 0 Å². The van der Waals surface area contributed by atoms with Gasteiger partial charge in [0.05, 0.1) is 4.90 Å². The van der Waals surface area contributed by atoms with Gasteiger partial charge < -0.3 is 0 Å². The second-order valence-corrected chi connectivity index (χ2v) is 8.46. The molecule has 130 valence electrons. The topological polar surface area (TPSA) is 54.4 Å². The van der Waals surface area contributed by atoms with Crippen molar-refractivity contribution in [2.24, 2.45) is 11.8 Å². The van der Waals surface area contributed by atoms with Crippen molar-refractivity contribution >= 4 is 10.1 Å². The van der Waals surface area contributed by atoms with Crippen LogP contribution in [0.2, 0.25) is 0 Å². The van der Waals surface area contributed by atoms with E-state index in [-0.39, 0.29) is 4.90 Å². The maximum atomic E-state index is 11.6. The minimum atomic E-state index is -4.13. The van der Waals surface area contributed by atoms with Gasteiger partial charge in [0.2, 0.25) is 0 Å². The lowest BCUT2D eigenvalue weighted by molar-refractivity contribution is 0.249. The third-order valence-corrected chi connectivity index (χ3v) is 6.37. The quantitative estimate of drug-likeness (QED) is 0.698. The van der Waals surface area contributed by atoms with Gasteiger partial charge in [0, 0.05) is 0 Å². The van der Waals surface area contributed by atoms with E-state index in [0.29, 0.717) is 5.56 Å². The van der Waals surface area contributed by atoms with E-state index in [2.05, 4.69) is 6.92 Å². The van der Waals surface area contributed by atoms with Gasteiger partial charge >= 0.3 is 0 Å². The second kappa shape index (κ2) is 8.29. The van der Waals surface area contributed by atoms with Crippen molar-refractivity contribution in [3.8, 4) is 0 Å². The molecule has 4 heteroatoms. The summed E-state index contributed by atoms with van der Waals surface area (Å²) in [5.74, 6) is 1.72. The summed E-state index contributed by atoms with van der Waals surface area (Å²) in [6.07, 6.45) is 10.9. The summed E-state index contributed by atoms with van der Waals surface area (Å²) < 4.78 is 32.6. The van der Waals surface area contributed by atoms with E-state index in [4.69, 9.17) is 0 Å². The lowest BCUT2D eigenvalue weighted by atomic mass is 9.78. The van der Waals surface area contributed by atoms with Crippen LogP contribution in [0.1, 0.15) is 69.4 Å². The number of hydrogen-bond donors (Lipinski definition) is 1. The molecule has 0 amide bonds. The molecule has 23 heavy (non-hydrogen) atoms. The van der Waals surface area contributed by atoms with E-state index in [1.807, 2.05) is 12.1 Å². The zero-order valence-electron chi connectivity index (χ0n) is 14.4. The van der Waals surface area contributed by atoms with Crippen molar-refractivity contribution in [1.82, 2.24) is 0 Å². The molecule has 1 aliphatic rings. The molecule has 0 saturated heterocycles. The highest BCUT2D eigenvalue weighted by Crippen LogP contribution is 2.34. The molecule has 3 nitrogen and oxygen atoms in total. The summed E-state index contributed by atoms with van der Waals surface area (Å²) in [5.41, 5.74) is 1.39. The summed E-state index contributed by atoms with van der Waals surface area (Å²) in [6, 6.07) is 5.44. The van der Waals surface area contributed by atoms with E-state index in [1.165, 1.54) is 38.5 Å². The van der Waals surface area contributed by atoms with Crippen LogP contribution in [0.4, 0.5) is 0 Å². The van der Waals surface area contributed by atoms with Gasteiger partial charge in [-0.05, 0) is 42.7 Å². The third kappa shape index (κ3) is 5.32. The first kappa shape index (κ1) is 18.5. The Balaban J connectivity index is 1.87. The molecule has 0 bridgehead atoms. The molecule has 1 aliphatic carbocycles. The monoisotopic (exact) mass is 338 g/mol. The van der Waals surface area contributed by atoms with Gasteiger partial charge in [-0.3, -0.25) is 4.55 Å². The van der Waals surface area contributed by atoms with Crippen molar-refractivity contribution in [3.05, 3.63) is 29.3 Å². The van der Waals surface area contributed by atoms with Crippen molar-refractivity contribution < 1.29 is 13.0 Å². The summed E-state index contributed by atoms with van der Waals surface area (Å²) in [5, 5.41) is 0. The Bertz CT molecular complexity index is 599. The molecule has 2 rings (SSSR count). The summed E-state index contributed by atoms with van der Waals surface area (Å²) in [7, 11) is -4.13. The second-order valence-electron chi connectivity index (χ2n) is 7.11. The zero-order valence-corrected chi connectivity index (χ0v) is 15.2. The van der Waals surface area contributed by atoms with Crippen LogP contribution in [0, 0.1) is 18.8 Å². The Kier molecular flexibility index (Phi) is 6.66. The first-order valence-electron chi connectivity index (χ1n) is 8.97. The van der Waals surface area contributed by atoms with Gasteiger partial charge in [-0.1, -0.05) is 70.1 Å². The molecule has 0 spiro atoms. The Morgan fingerprint density at radius 3 is 2.26 bits per heavy atom. The predicted molar refractivity (Wildman–Crippen MR) is 94.3 cm³/mol. The molecule has 0 atom stereocenters. The van der Waals surface area contributed by atoms with E-state index in [9.17, 15) is 13.0 Å². The highest BCUT2D eigenvalue weighted by molar-refractivity contribution is 7.86. The number of rotatable bonds is 7. The Morgan fingerprint density at radius 2 is 1.70 bits per heavy atom. The Labute approximate surface area is 141 Å². The van der Waals surface area contributed by atoms with Crippen LogP contribution < -0.4 is 0 Å². The van der Waals surface area contributed by atoms with E-state index in [0.717, 1.165) is 36.7 Å². The van der Waals surface area contributed by atoms with Crippen LogP contribution in [0.15, 0.2) is 23.1 Å². The van der Waals surface area contributed by atoms with Crippen LogP contribution in [0.25, 0.3) is 0 Å². The maximum absolute atomic E-state index is 11.6. The molecule has 0 radical (unpaired) electrons. The maximum Gasteiger partial charge on any atom is 0.295 e. The van der Waals surface area contributed by atoms with E-state index < -0.39 is 10.1 Å². The van der Waals surface area contributed by atoms with Gasteiger partial charge in [0.25, 0.3) is 10.1 Å². The summed E-state index contributed by atoms with van der Waals surface area (Å²) >= 11 is 0. The van der Waals surface area contributed by atoms with Crippen LogP contribution in [-0.4, -0.2) is 13.0 Å². The molecule has 1 N–H and O–H groups in total. The molecular formula is C19H30O3S. The molecule has 0 heterocycles. The van der Waals surface area contributed by atoms with E-state index >= 15 is 0 Å². The molecular weight excluding hydrogens is 308 g/mol. The molecule has 0 aromatic heterocycles. The molecule has 1 aromatic carbocycles. The Morgan fingerprint density at radius 1 is 1.09 bits per heavy atom. The SMILES string of the molecule is CCC[C@H]1CC[C@H](CCCc2cccc(C)c2S(=O)(=O)O)CC1. The smallest absolute Gasteiger partial charge is 0.282 e. The minimum absolute atomic E-state index is 0.117. The van der Waals surface area contributed by atoms with Gasteiger partial charge in [-0.2, -0.15) is 8.42 Å². The fourth-order valence-corrected chi connectivity index (χ4v) is 5.05. The first-order valence-corrected chi connectivity index (χ1v) is 10.4. The van der Waals surface area contributed by atoms with Crippen LogP contribution in [0.3, 0.4) is 0 Å². The lowest BCUT2D eigenvalue weighted by Gasteiger charge is -2.28. The van der Waals surface area contributed by atoms with Gasteiger partial charge in [0.1, 0.15) is 0 Å². The van der Waals surface area contributed by atoms with Crippen molar-refractivity contribution in [2.45, 2.75) is 76.5 Å². The molecule has 1 aromatic rings. The van der Waals surface area contributed by atoms with Gasteiger partial charge in [-0.15, -0.1) is 0 Å². The first-order chi connectivity index (χ1) is 10.9. The fourth-order valence-electron chi connectivity index (χ4n) is 4.08.